The Morgan fingerprint density at radius 1 is 0.667 bits per heavy atom. The van der Waals surface area contributed by atoms with E-state index in [0.717, 1.165) is 83.5 Å². The van der Waals surface area contributed by atoms with Gasteiger partial charge in [-0.25, -0.2) is 0 Å². The van der Waals surface area contributed by atoms with E-state index in [-0.39, 0.29) is 12.5 Å². The summed E-state index contributed by atoms with van der Waals surface area (Å²) < 4.78 is 23.1. The fourth-order valence-electron chi connectivity index (χ4n) is 5.49. The number of hydrogen-bond donors (Lipinski definition) is 2. The number of amides is 1. The zero-order chi connectivity index (χ0) is 40.0. The lowest BCUT2D eigenvalue weighted by Crippen LogP contribution is -2.45. The van der Waals surface area contributed by atoms with E-state index >= 15 is 0 Å². The van der Waals surface area contributed by atoms with Gasteiger partial charge in [-0.1, -0.05) is 145 Å². The molecule has 2 N–H and O–H groups in total. The van der Waals surface area contributed by atoms with Crippen LogP contribution in [0.15, 0.2) is 72.9 Å². The number of likely N-dealkylation sites (N-methyl/N-ethyl adjacent to an activating group) is 1. The smallest absolute Gasteiger partial charge is 0.268 e. The van der Waals surface area contributed by atoms with E-state index in [1.54, 1.807) is 6.08 Å². The zero-order valence-corrected chi connectivity index (χ0v) is 36.0. The van der Waals surface area contributed by atoms with Gasteiger partial charge in [0.25, 0.3) is 7.82 Å². The number of nitrogens with zero attached hydrogens (tertiary/aromatic N) is 1. The molecule has 54 heavy (non-hydrogen) atoms. The number of quaternary nitrogens is 1. The lowest BCUT2D eigenvalue weighted by molar-refractivity contribution is -0.870. The van der Waals surface area contributed by atoms with E-state index in [4.69, 9.17) is 9.05 Å². The molecule has 9 heteroatoms. The molecule has 0 aliphatic rings. The van der Waals surface area contributed by atoms with Crippen molar-refractivity contribution in [2.45, 2.75) is 167 Å². The van der Waals surface area contributed by atoms with Crippen LogP contribution in [0.1, 0.15) is 155 Å². The van der Waals surface area contributed by atoms with E-state index < -0.39 is 26.6 Å². The predicted octanol–water partition coefficient (Wildman–Crippen LogP) is 11.0. The maximum absolute atomic E-state index is 12.8. The number of unbranched alkanes of at least 4 members (excludes halogenated alkanes) is 14. The molecule has 0 radical (unpaired) electrons. The Balaban J connectivity index is 4.59. The van der Waals surface area contributed by atoms with Gasteiger partial charge in [0.2, 0.25) is 5.91 Å². The molecule has 312 valence electrons. The fraction of sp³-hybridized carbons (Fsp3) is 0.711. The van der Waals surface area contributed by atoms with E-state index in [1.807, 2.05) is 27.2 Å². The van der Waals surface area contributed by atoms with Crippen molar-refractivity contribution in [3.8, 4) is 0 Å². The minimum atomic E-state index is -4.61. The number of phosphoric ester groups is 1. The molecule has 0 aromatic heterocycles. The first-order valence-corrected chi connectivity index (χ1v) is 22.8. The van der Waals surface area contributed by atoms with Crippen molar-refractivity contribution in [3.05, 3.63) is 72.9 Å². The van der Waals surface area contributed by atoms with Gasteiger partial charge in [0.05, 0.1) is 39.9 Å². The van der Waals surface area contributed by atoms with E-state index in [2.05, 4.69) is 79.9 Å². The minimum absolute atomic E-state index is 0.0162. The van der Waals surface area contributed by atoms with Crippen LogP contribution >= 0.6 is 7.82 Å². The normalized spacial score (nSPS) is 15.2. The molecule has 0 aromatic rings. The molecule has 1 amide bonds. The standard InChI is InChI=1S/C45H81N2O6P/c1-6-8-10-12-14-16-18-20-22-23-25-26-28-30-32-34-36-38-44(48)43(42-53-54(50,51)52-41-40-47(3,4)5)46-45(49)39-37-35-33-31-29-27-24-21-19-17-15-13-11-9-7-2/h9,11,15,17,21-24,28,30,36,38,43-44,48H,6-8,10,12-14,16,18-20,25-27,29,31-35,37,39-42H2,1-5H3,(H-,46,49,50,51)/b11-9-,17-15-,23-22+,24-21-,30-28+,38-36+. The van der Waals surface area contributed by atoms with Gasteiger partial charge >= 0.3 is 0 Å². The van der Waals surface area contributed by atoms with Gasteiger partial charge in [-0.15, -0.1) is 0 Å². The van der Waals surface area contributed by atoms with E-state index in [9.17, 15) is 19.4 Å². The number of phosphoric acid groups is 1. The number of hydrogen-bond acceptors (Lipinski definition) is 6. The first kappa shape index (κ1) is 51.9. The van der Waals surface area contributed by atoms with Gasteiger partial charge in [-0.05, 0) is 77.0 Å². The first-order valence-electron chi connectivity index (χ1n) is 21.3. The Morgan fingerprint density at radius 2 is 1.15 bits per heavy atom. The van der Waals surface area contributed by atoms with Crippen molar-refractivity contribution in [2.24, 2.45) is 0 Å². The maximum Gasteiger partial charge on any atom is 0.268 e. The summed E-state index contributed by atoms with van der Waals surface area (Å²) in [6.07, 6.45) is 48.0. The molecule has 0 aliphatic heterocycles. The lowest BCUT2D eigenvalue weighted by Gasteiger charge is -2.29. The molecule has 3 unspecified atom stereocenters. The minimum Gasteiger partial charge on any atom is -0.756 e. The van der Waals surface area contributed by atoms with Gasteiger partial charge in [0.1, 0.15) is 13.2 Å². The van der Waals surface area contributed by atoms with Crippen LogP contribution < -0.4 is 10.2 Å². The molecule has 8 nitrogen and oxygen atoms in total. The molecule has 0 spiro atoms. The highest BCUT2D eigenvalue weighted by atomic mass is 31.2. The second kappa shape index (κ2) is 36.6. The lowest BCUT2D eigenvalue weighted by atomic mass is 10.1. The number of nitrogens with one attached hydrogen (secondary N) is 1. The summed E-state index contributed by atoms with van der Waals surface area (Å²) in [4.78, 5) is 25.2. The van der Waals surface area contributed by atoms with Crippen LogP contribution in [0.3, 0.4) is 0 Å². The van der Waals surface area contributed by atoms with Crippen molar-refractivity contribution in [2.75, 3.05) is 40.9 Å². The highest BCUT2D eigenvalue weighted by Gasteiger charge is 2.23. The third-order valence-electron chi connectivity index (χ3n) is 8.88. The Bertz CT molecular complexity index is 1110. The zero-order valence-electron chi connectivity index (χ0n) is 35.1. The van der Waals surface area contributed by atoms with Gasteiger partial charge in [0.15, 0.2) is 0 Å². The second-order valence-corrected chi connectivity index (χ2v) is 16.7. The Kier molecular flexibility index (Phi) is 35.2. The summed E-state index contributed by atoms with van der Waals surface area (Å²) in [5.41, 5.74) is 0. The molecule has 3 atom stereocenters. The molecular formula is C45H81N2O6P. The fourth-order valence-corrected chi connectivity index (χ4v) is 6.21. The van der Waals surface area contributed by atoms with Crippen LogP contribution in [0.5, 0.6) is 0 Å². The number of carbonyl (C=O) groups is 1. The van der Waals surface area contributed by atoms with Gasteiger partial charge < -0.3 is 28.8 Å². The summed E-state index contributed by atoms with van der Waals surface area (Å²) in [5, 5.41) is 13.7. The second-order valence-electron chi connectivity index (χ2n) is 15.3. The third kappa shape index (κ3) is 38.2. The van der Waals surface area contributed by atoms with Crippen molar-refractivity contribution >= 4 is 13.7 Å². The summed E-state index contributed by atoms with van der Waals surface area (Å²) >= 11 is 0. The van der Waals surface area contributed by atoms with Gasteiger partial charge in [0, 0.05) is 6.42 Å². The molecule has 0 fully saturated rings. The molecule has 0 heterocycles. The largest absolute Gasteiger partial charge is 0.756 e. The van der Waals surface area contributed by atoms with E-state index in [0.29, 0.717) is 17.4 Å². The van der Waals surface area contributed by atoms with Crippen molar-refractivity contribution < 1.29 is 32.9 Å². The third-order valence-corrected chi connectivity index (χ3v) is 9.84. The molecule has 0 saturated heterocycles. The van der Waals surface area contributed by atoms with Crippen LogP contribution in [-0.2, 0) is 18.4 Å². The molecule has 0 rings (SSSR count). The highest BCUT2D eigenvalue weighted by Crippen LogP contribution is 2.38. The monoisotopic (exact) mass is 777 g/mol. The number of carbonyl (C=O) groups excluding carboxylic acids is 1. The summed E-state index contributed by atoms with van der Waals surface area (Å²) in [7, 11) is 1.21. The molecule has 0 bridgehead atoms. The van der Waals surface area contributed by atoms with Crippen LogP contribution in [0.4, 0.5) is 0 Å². The van der Waals surface area contributed by atoms with Crippen LogP contribution in [-0.4, -0.2) is 68.5 Å². The summed E-state index contributed by atoms with van der Waals surface area (Å²) in [6, 6.07) is -0.921. The highest BCUT2D eigenvalue weighted by molar-refractivity contribution is 7.45. The van der Waals surface area contributed by atoms with Gasteiger partial charge in [-0.2, -0.15) is 0 Å². The van der Waals surface area contributed by atoms with E-state index in [1.165, 1.54) is 51.4 Å². The average molecular weight is 777 g/mol. The number of rotatable bonds is 37. The van der Waals surface area contributed by atoms with Crippen LogP contribution in [0.25, 0.3) is 0 Å². The number of aliphatic hydroxyl groups excluding tert-OH is 1. The predicted molar refractivity (Wildman–Crippen MR) is 228 cm³/mol. The number of aliphatic hydroxyl groups is 1. The Morgan fingerprint density at radius 3 is 1.72 bits per heavy atom. The molecule has 0 aromatic carbocycles. The Hall–Kier alpha value is -2.06. The molecular weight excluding hydrogens is 695 g/mol. The maximum atomic E-state index is 12.8. The summed E-state index contributed by atoms with van der Waals surface area (Å²) in [6.45, 7) is 4.45. The quantitative estimate of drug-likeness (QED) is 0.0281. The van der Waals surface area contributed by atoms with Crippen molar-refractivity contribution in [1.82, 2.24) is 5.32 Å². The SMILES string of the molecule is CC/C=C\C/C=C\C/C=C\CCCCCCCC(=O)NC(COP(=O)([O-])OCC[N+](C)(C)C)C(O)/C=C/CC/C=C/CC/C=C/CCCCCCCCC. The number of allylic oxidation sites excluding steroid dienone is 11. The molecule has 0 aliphatic carbocycles. The average Bonchev–Trinajstić information content (AvgIpc) is 3.12. The Labute approximate surface area is 332 Å². The van der Waals surface area contributed by atoms with Crippen LogP contribution in [0.2, 0.25) is 0 Å². The molecule has 0 saturated carbocycles. The van der Waals surface area contributed by atoms with Gasteiger partial charge in [-0.3, -0.25) is 9.36 Å². The topological polar surface area (TPSA) is 108 Å². The van der Waals surface area contributed by atoms with Crippen molar-refractivity contribution in [3.63, 3.8) is 0 Å². The summed E-state index contributed by atoms with van der Waals surface area (Å²) in [5.74, 6) is -0.233. The first-order chi connectivity index (χ1) is 26.0. The van der Waals surface area contributed by atoms with Crippen LogP contribution in [0, 0.1) is 0 Å². The van der Waals surface area contributed by atoms with Crippen molar-refractivity contribution in [1.29, 1.82) is 0 Å².